The number of nitrogens with zero attached hydrogens (tertiary/aromatic N) is 1. The fraction of sp³-hybridized carbons (Fsp3) is 0.211. The molecule has 2 aromatic heterocycles. The van der Waals surface area contributed by atoms with Crippen LogP contribution in [0.25, 0.3) is 10.6 Å². The molecular formula is C19H17NO5S2. The number of aromatic nitrogens is 1. The van der Waals surface area contributed by atoms with E-state index in [1.807, 2.05) is 22.2 Å². The van der Waals surface area contributed by atoms with Crippen LogP contribution in [-0.2, 0) is 16.1 Å². The van der Waals surface area contributed by atoms with Crippen molar-refractivity contribution in [3.05, 3.63) is 51.7 Å². The Kier molecular flexibility index (Phi) is 6.20. The van der Waals surface area contributed by atoms with Gasteiger partial charge in [0.2, 0.25) is 0 Å². The van der Waals surface area contributed by atoms with E-state index in [0.29, 0.717) is 22.8 Å². The van der Waals surface area contributed by atoms with E-state index in [4.69, 9.17) is 14.2 Å². The number of methoxy groups -OCH3 is 1. The van der Waals surface area contributed by atoms with Crippen molar-refractivity contribution in [1.82, 2.24) is 4.98 Å². The second-order valence-electron chi connectivity index (χ2n) is 5.53. The van der Waals surface area contributed by atoms with Crippen molar-refractivity contribution in [1.29, 1.82) is 0 Å². The minimum atomic E-state index is -0.516. The molecule has 2 heterocycles. The largest absolute Gasteiger partial charge is 0.493 e. The summed E-state index contributed by atoms with van der Waals surface area (Å²) in [5, 5.41) is 6.77. The minimum Gasteiger partial charge on any atom is -0.493 e. The molecule has 0 saturated heterocycles. The van der Waals surface area contributed by atoms with E-state index >= 15 is 0 Å². The number of benzene rings is 1. The third-order valence-electron chi connectivity index (χ3n) is 3.62. The van der Waals surface area contributed by atoms with Gasteiger partial charge in [-0.25, -0.2) is 9.78 Å². The lowest BCUT2D eigenvalue weighted by atomic mass is 10.1. The SMILES string of the molecule is COc1cc(C(C)=O)ccc1OCC(=O)OCc1csc(-c2ccsc2)n1. The summed E-state index contributed by atoms with van der Waals surface area (Å²) in [6, 6.07) is 6.78. The van der Waals surface area contributed by atoms with Gasteiger partial charge < -0.3 is 14.2 Å². The van der Waals surface area contributed by atoms with Gasteiger partial charge in [-0.3, -0.25) is 4.79 Å². The summed E-state index contributed by atoms with van der Waals surface area (Å²) in [5.41, 5.74) is 2.26. The van der Waals surface area contributed by atoms with Gasteiger partial charge in [-0.15, -0.1) is 11.3 Å². The number of esters is 1. The summed E-state index contributed by atoms with van der Waals surface area (Å²) in [6.07, 6.45) is 0. The zero-order valence-corrected chi connectivity index (χ0v) is 16.4. The molecule has 27 heavy (non-hydrogen) atoms. The number of ketones is 1. The molecule has 0 N–H and O–H groups in total. The molecule has 0 radical (unpaired) electrons. The van der Waals surface area contributed by atoms with Crippen LogP contribution in [-0.4, -0.2) is 30.5 Å². The first-order valence-electron chi connectivity index (χ1n) is 8.01. The number of carbonyl (C=O) groups excluding carboxylic acids is 2. The van der Waals surface area contributed by atoms with Gasteiger partial charge in [0.1, 0.15) is 11.6 Å². The van der Waals surface area contributed by atoms with Crippen molar-refractivity contribution in [2.75, 3.05) is 13.7 Å². The maximum absolute atomic E-state index is 11.9. The highest BCUT2D eigenvalue weighted by Gasteiger charge is 2.12. The molecule has 0 atom stereocenters. The van der Waals surface area contributed by atoms with Crippen molar-refractivity contribution in [3.8, 4) is 22.1 Å². The number of ether oxygens (including phenoxy) is 3. The fourth-order valence-electron chi connectivity index (χ4n) is 2.23. The molecule has 0 bridgehead atoms. The Balaban J connectivity index is 1.52. The lowest BCUT2D eigenvalue weighted by Gasteiger charge is -2.11. The van der Waals surface area contributed by atoms with E-state index in [0.717, 1.165) is 10.6 Å². The number of Topliss-reactive ketones (excluding diaryl/α,β-unsaturated/α-hetero) is 1. The topological polar surface area (TPSA) is 74.7 Å². The molecule has 0 fully saturated rings. The Morgan fingerprint density at radius 1 is 1.15 bits per heavy atom. The van der Waals surface area contributed by atoms with Gasteiger partial charge in [-0.2, -0.15) is 11.3 Å². The van der Waals surface area contributed by atoms with Gasteiger partial charge in [0, 0.05) is 21.9 Å². The highest BCUT2D eigenvalue weighted by Crippen LogP contribution is 2.28. The molecule has 0 aliphatic carbocycles. The van der Waals surface area contributed by atoms with Gasteiger partial charge in [-0.05, 0) is 36.6 Å². The van der Waals surface area contributed by atoms with Crippen molar-refractivity contribution in [2.45, 2.75) is 13.5 Å². The summed E-state index contributed by atoms with van der Waals surface area (Å²) in [4.78, 5) is 27.8. The van der Waals surface area contributed by atoms with Gasteiger partial charge in [-0.1, -0.05) is 0 Å². The molecule has 3 rings (SSSR count). The quantitative estimate of drug-likeness (QED) is 0.414. The molecule has 0 unspecified atom stereocenters. The third-order valence-corrected chi connectivity index (χ3v) is 5.24. The van der Waals surface area contributed by atoms with Gasteiger partial charge >= 0.3 is 5.97 Å². The van der Waals surface area contributed by atoms with Crippen LogP contribution in [0.1, 0.15) is 23.0 Å². The second kappa shape index (κ2) is 8.79. The van der Waals surface area contributed by atoms with E-state index in [2.05, 4.69) is 4.98 Å². The maximum atomic E-state index is 11.9. The maximum Gasteiger partial charge on any atom is 0.344 e. The average Bonchev–Trinajstić information content (AvgIpc) is 3.35. The number of thiazole rings is 1. The van der Waals surface area contributed by atoms with Crippen molar-refractivity contribution in [2.24, 2.45) is 0 Å². The van der Waals surface area contributed by atoms with Gasteiger partial charge in [0.15, 0.2) is 23.9 Å². The molecule has 0 amide bonds. The first-order chi connectivity index (χ1) is 13.1. The Morgan fingerprint density at radius 3 is 2.70 bits per heavy atom. The molecule has 3 aromatic rings. The van der Waals surface area contributed by atoms with Gasteiger partial charge in [0.05, 0.1) is 12.8 Å². The molecule has 0 aliphatic rings. The Labute approximate surface area is 164 Å². The zero-order chi connectivity index (χ0) is 19.2. The molecule has 0 saturated carbocycles. The number of hydrogen-bond donors (Lipinski definition) is 0. The standard InChI is InChI=1S/C19H17NO5S2/c1-12(21)13-3-4-16(17(7-13)23-2)24-9-18(22)25-8-15-11-27-19(20-15)14-5-6-26-10-14/h3-7,10-11H,8-9H2,1-2H3. The predicted octanol–water partition coefficient (Wildman–Crippen LogP) is 4.21. The Hall–Kier alpha value is -2.71. The van der Waals surface area contributed by atoms with E-state index in [1.165, 1.54) is 25.4 Å². The summed E-state index contributed by atoms with van der Waals surface area (Å²) >= 11 is 3.11. The first kappa shape index (κ1) is 19.1. The molecule has 0 aliphatic heterocycles. The third kappa shape index (κ3) is 4.93. The predicted molar refractivity (Wildman–Crippen MR) is 104 cm³/mol. The smallest absolute Gasteiger partial charge is 0.344 e. The summed E-state index contributed by atoms with van der Waals surface area (Å²) < 4.78 is 15.9. The number of rotatable bonds is 8. The zero-order valence-electron chi connectivity index (χ0n) is 14.8. The average molecular weight is 403 g/mol. The molecule has 8 heteroatoms. The lowest BCUT2D eigenvalue weighted by molar-refractivity contribution is -0.147. The van der Waals surface area contributed by atoms with Crippen LogP contribution in [0.2, 0.25) is 0 Å². The van der Waals surface area contributed by atoms with Crippen LogP contribution in [0.3, 0.4) is 0 Å². The van der Waals surface area contributed by atoms with Crippen LogP contribution >= 0.6 is 22.7 Å². The van der Waals surface area contributed by atoms with E-state index < -0.39 is 5.97 Å². The fourth-order valence-corrected chi connectivity index (χ4v) is 3.75. The molecular weight excluding hydrogens is 386 g/mol. The summed E-state index contributed by atoms with van der Waals surface area (Å²) in [7, 11) is 1.47. The van der Waals surface area contributed by atoms with E-state index in [-0.39, 0.29) is 19.0 Å². The monoisotopic (exact) mass is 403 g/mol. The minimum absolute atomic E-state index is 0.0793. The number of hydrogen-bond acceptors (Lipinski definition) is 8. The highest BCUT2D eigenvalue weighted by atomic mass is 32.1. The first-order valence-corrected chi connectivity index (χ1v) is 9.83. The van der Waals surface area contributed by atoms with E-state index in [9.17, 15) is 9.59 Å². The summed E-state index contributed by atoms with van der Waals surface area (Å²) in [6.45, 7) is 1.29. The second-order valence-corrected chi connectivity index (χ2v) is 7.17. The van der Waals surface area contributed by atoms with E-state index in [1.54, 1.807) is 29.5 Å². The van der Waals surface area contributed by atoms with Crippen molar-refractivity contribution < 1.29 is 23.8 Å². The number of thiophene rings is 1. The molecule has 6 nitrogen and oxygen atoms in total. The van der Waals surface area contributed by atoms with Crippen molar-refractivity contribution in [3.63, 3.8) is 0 Å². The lowest BCUT2D eigenvalue weighted by Crippen LogP contribution is -2.15. The van der Waals surface area contributed by atoms with Gasteiger partial charge in [0.25, 0.3) is 0 Å². The van der Waals surface area contributed by atoms with Crippen LogP contribution < -0.4 is 9.47 Å². The molecule has 140 valence electrons. The van der Waals surface area contributed by atoms with Crippen molar-refractivity contribution >= 4 is 34.4 Å². The Morgan fingerprint density at radius 2 is 2.00 bits per heavy atom. The molecule has 1 aromatic carbocycles. The Bertz CT molecular complexity index is 933. The normalized spacial score (nSPS) is 10.4. The van der Waals surface area contributed by atoms with Crippen LogP contribution in [0.4, 0.5) is 0 Å². The highest BCUT2D eigenvalue weighted by molar-refractivity contribution is 7.14. The van der Waals surface area contributed by atoms with Crippen LogP contribution in [0, 0.1) is 0 Å². The summed E-state index contributed by atoms with van der Waals surface area (Å²) in [5.74, 6) is 0.158. The number of carbonyl (C=O) groups is 2. The molecule has 0 spiro atoms. The van der Waals surface area contributed by atoms with Crippen LogP contribution in [0.15, 0.2) is 40.4 Å². The van der Waals surface area contributed by atoms with Crippen LogP contribution in [0.5, 0.6) is 11.5 Å².